The average Bonchev–Trinajstić information content (AvgIpc) is 2.43. The van der Waals surface area contributed by atoms with Gasteiger partial charge in [0, 0.05) is 23.3 Å². The number of ether oxygens (including phenoxy) is 2. The summed E-state index contributed by atoms with van der Waals surface area (Å²) in [6, 6.07) is 9.42. The Morgan fingerprint density at radius 3 is 2.29 bits per heavy atom. The van der Waals surface area contributed by atoms with Crippen molar-refractivity contribution < 1.29 is 14.3 Å². The average molecular weight is 290 g/mol. The van der Waals surface area contributed by atoms with E-state index >= 15 is 0 Å². The second-order valence-corrected chi connectivity index (χ2v) is 7.07. The monoisotopic (exact) mass is 290 g/mol. The number of carbonyl (C=O) groups excluding carboxylic acids is 1. The van der Waals surface area contributed by atoms with E-state index in [2.05, 4.69) is 34.6 Å². The van der Waals surface area contributed by atoms with Crippen molar-refractivity contribution in [3.8, 4) is 0 Å². The molecule has 3 nitrogen and oxygen atoms in total. The Labute approximate surface area is 127 Å². The molecule has 0 N–H and O–H groups in total. The highest BCUT2D eigenvalue weighted by Gasteiger charge is 2.40. The summed E-state index contributed by atoms with van der Waals surface area (Å²) < 4.78 is 12.0. The topological polar surface area (TPSA) is 35.5 Å². The van der Waals surface area contributed by atoms with Crippen LogP contribution in [0.3, 0.4) is 0 Å². The third-order valence-corrected chi connectivity index (χ3v) is 4.15. The van der Waals surface area contributed by atoms with Crippen LogP contribution in [-0.4, -0.2) is 24.3 Å². The Kier molecular flexibility index (Phi) is 4.84. The Balaban J connectivity index is 2.08. The summed E-state index contributed by atoms with van der Waals surface area (Å²) in [4.78, 5) is 12.4. The number of rotatable bonds is 3. The summed E-state index contributed by atoms with van der Waals surface area (Å²) in [7, 11) is 0. The molecule has 1 heterocycles. The molecule has 1 aliphatic heterocycles. The molecule has 0 saturated carbocycles. The molecule has 1 aromatic rings. The first-order valence-electron chi connectivity index (χ1n) is 7.68. The maximum Gasteiger partial charge on any atom is 0.165 e. The van der Waals surface area contributed by atoms with Gasteiger partial charge in [-0.3, -0.25) is 4.79 Å². The normalized spacial score (nSPS) is 30.1. The maximum atomic E-state index is 12.4. The second kappa shape index (κ2) is 6.29. The van der Waals surface area contributed by atoms with Crippen molar-refractivity contribution in [2.24, 2.45) is 11.3 Å². The van der Waals surface area contributed by atoms with Crippen LogP contribution in [0, 0.1) is 11.3 Å². The standard InChI is InChI=1S/C18H26O3/c1-12-13(2)20-17(18(3,4)5)21-16(12)11-15(19)14-9-7-6-8-10-14/h6-10,12-13,16-17H,11H2,1-5H3/t12-,13-,16-,17-/m0/s1. The van der Waals surface area contributed by atoms with Gasteiger partial charge < -0.3 is 9.47 Å². The number of hydrogen-bond acceptors (Lipinski definition) is 3. The minimum absolute atomic E-state index is 0.0920. The van der Waals surface area contributed by atoms with Gasteiger partial charge in [0.05, 0.1) is 12.2 Å². The zero-order valence-corrected chi connectivity index (χ0v) is 13.6. The van der Waals surface area contributed by atoms with E-state index in [1.165, 1.54) is 0 Å². The molecule has 1 aliphatic rings. The van der Waals surface area contributed by atoms with Gasteiger partial charge in [0.2, 0.25) is 0 Å². The quantitative estimate of drug-likeness (QED) is 0.787. The zero-order valence-electron chi connectivity index (χ0n) is 13.6. The van der Waals surface area contributed by atoms with Crippen LogP contribution >= 0.6 is 0 Å². The highest BCUT2D eigenvalue weighted by molar-refractivity contribution is 5.96. The summed E-state index contributed by atoms with van der Waals surface area (Å²) >= 11 is 0. The number of hydrogen-bond donors (Lipinski definition) is 0. The van der Waals surface area contributed by atoms with Crippen molar-refractivity contribution in [3.63, 3.8) is 0 Å². The molecule has 0 spiro atoms. The minimum atomic E-state index is -0.266. The predicted octanol–water partition coefficient (Wildman–Crippen LogP) is 4.07. The summed E-state index contributed by atoms with van der Waals surface area (Å²) in [6.07, 6.45) is 0.144. The Bertz CT molecular complexity index is 475. The second-order valence-electron chi connectivity index (χ2n) is 7.07. The number of benzene rings is 1. The number of ketones is 1. The van der Waals surface area contributed by atoms with E-state index in [1.54, 1.807) is 0 Å². The lowest BCUT2D eigenvalue weighted by atomic mass is 9.89. The van der Waals surface area contributed by atoms with Gasteiger partial charge in [-0.25, -0.2) is 0 Å². The van der Waals surface area contributed by atoms with E-state index in [-0.39, 0.29) is 35.6 Å². The van der Waals surface area contributed by atoms with Crippen molar-refractivity contribution in [3.05, 3.63) is 35.9 Å². The van der Waals surface area contributed by atoms with Gasteiger partial charge in [-0.05, 0) is 6.92 Å². The van der Waals surface area contributed by atoms with Crippen LogP contribution in [0.1, 0.15) is 51.4 Å². The summed E-state index contributed by atoms with van der Waals surface area (Å²) in [5, 5.41) is 0. The van der Waals surface area contributed by atoms with Crippen molar-refractivity contribution in [2.75, 3.05) is 0 Å². The molecule has 0 amide bonds. The van der Waals surface area contributed by atoms with Crippen molar-refractivity contribution in [1.82, 2.24) is 0 Å². The molecule has 116 valence electrons. The molecule has 2 rings (SSSR count). The lowest BCUT2D eigenvalue weighted by molar-refractivity contribution is -0.293. The highest BCUT2D eigenvalue weighted by atomic mass is 16.7. The fraction of sp³-hybridized carbons (Fsp3) is 0.611. The van der Waals surface area contributed by atoms with E-state index < -0.39 is 0 Å². The van der Waals surface area contributed by atoms with Crippen LogP contribution in [0.25, 0.3) is 0 Å². The van der Waals surface area contributed by atoms with Gasteiger partial charge >= 0.3 is 0 Å². The van der Waals surface area contributed by atoms with Crippen LogP contribution in [0.4, 0.5) is 0 Å². The van der Waals surface area contributed by atoms with Gasteiger partial charge in [0.25, 0.3) is 0 Å². The van der Waals surface area contributed by atoms with E-state index in [1.807, 2.05) is 30.3 Å². The fourth-order valence-corrected chi connectivity index (χ4v) is 2.50. The fourth-order valence-electron chi connectivity index (χ4n) is 2.50. The predicted molar refractivity (Wildman–Crippen MR) is 83.2 cm³/mol. The van der Waals surface area contributed by atoms with Crippen molar-refractivity contribution in [2.45, 2.75) is 59.5 Å². The van der Waals surface area contributed by atoms with Crippen LogP contribution in [0.15, 0.2) is 30.3 Å². The lowest BCUT2D eigenvalue weighted by Gasteiger charge is -2.44. The lowest BCUT2D eigenvalue weighted by Crippen LogP contribution is -2.49. The Morgan fingerprint density at radius 2 is 1.71 bits per heavy atom. The van der Waals surface area contributed by atoms with Crippen LogP contribution < -0.4 is 0 Å². The maximum absolute atomic E-state index is 12.4. The van der Waals surface area contributed by atoms with Crippen LogP contribution in [0.2, 0.25) is 0 Å². The molecule has 1 fully saturated rings. The van der Waals surface area contributed by atoms with Gasteiger partial charge in [-0.15, -0.1) is 0 Å². The van der Waals surface area contributed by atoms with Gasteiger partial charge in [0.1, 0.15) is 0 Å². The summed E-state index contributed by atoms with van der Waals surface area (Å²) in [5.41, 5.74) is 0.655. The van der Waals surface area contributed by atoms with E-state index in [0.717, 1.165) is 5.56 Å². The highest BCUT2D eigenvalue weighted by Crippen LogP contribution is 2.35. The van der Waals surface area contributed by atoms with Crippen molar-refractivity contribution >= 4 is 5.78 Å². The molecule has 0 unspecified atom stereocenters. The van der Waals surface area contributed by atoms with E-state index in [9.17, 15) is 4.79 Å². The molecule has 1 aromatic carbocycles. The molecule has 4 atom stereocenters. The smallest absolute Gasteiger partial charge is 0.165 e. The van der Waals surface area contributed by atoms with Gasteiger partial charge in [-0.1, -0.05) is 58.0 Å². The minimum Gasteiger partial charge on any atom is -0.349 e. The number of Topliss-reactive ketones (excluding diaryl/α,β-unsaturated/α-hetero) is 1. The first kappa shape index (κ1) is 16.2. The van der Waals surface area contributed by atoms with Gasteiger partial charge in [-0.2, -0.15) is 0 Å². The van der Waals surface area contributed by atoms with Gasteiger partial charge in [0.15, 0.2) is 12.1 Å². The third kappa shape index (κ3) is 3.92. The molecule has 0 aromatic heterocycles. The first-order valence-corrected chi connectivity index (χ1v) is 7.68. The Morgan fingerprint density at radius 1 is 1.10 bits per heavy atom. The molecule has 1 saturated heterocycles. The molecular formula is C18H26O3. The first-order chi connectivity index (χ1) is 9.79. The molecule has 3 heteroatoms. The van der Waals surface area contributed by atoms with Crippen LogP contribution in [-0.2, 0) is 9.47 Å². The molecule has 0 aliphatic carbocycles. The molecule has 0 radical (unpaired) electrons. The third-order valence-electron chi connectivity index (χ3n) is 4.15. The molecule has 0 bridgehead atoms. The zero-order chi connectivity index (χ0) is 15.6. The van der Waals surface area contributed by atoms with Crippen molar-refractivity contribution in [1.29, 1.82) is 0 Å². The van der Waals surface area contributed by atoms with E-state index in [0.29, 0.717) is 6.42 Å². The molecular weight excluding hydrogens is 264 g/mol. The molecule has 21 heavy (non-hydrogen) atoms. The summed E-state index contributed by atoms with van der Waals surface area (Å²) in [6.45, 7) is 10.4. The Hall–Kier alpha value is -1.19. The SMILES string of the molecule is C[C@H]1[C@H](C)O[C@H](C(C)(C)C)O[C@H]1CC(=O)c1ccccc1. The largest absolute Gasteiger partial charge is 0.349 e. The van der Waals surface area contributed by atoms with Crippen LogP contribution in [0.5, 0.6) is 0 Å². The summed E-state index contributed by atoms with van der Waals surface area (Å²) in [5.74, 6) is 0.338. The number of carbonyl (C=O) groups is 1. The van der Waals surface area contributed by atoms with E-state index in [4.69, 9.17) is 9.47 Å².